The van der Waals surface area contributed by atoms with Gasteiger partial charge in [-0.05, 0) is 6.42 Å². The molecule has 0 radical (unpaired) electrons. The van der Waals surface area contributed by atoms with Crippen molar-refractivity contribution in [2.24, 2.45) is 4.99 Å². The van der Waals surface area contributed by atoms with E-state index in [1.165, 1.54) is 83.5 Å². The highest BCUT2D eigenvalue weighted by molar-refractivity contribution is 8.12. The van der Waals surface area contributed by atoms with Gasteiger partial charge in [-0.15, -0.1) is 11.8 Å². The molecule has 0 N–H and O–H groups in total. The van der Waals surface area contributed by atoms with Crippen LogP contribution in [0.25, 0.3) is 0 Å². The van der Waals surface area contributed by atoms with Crippen molar-refractivity contribution in [2.45, 2.75) is 95.6 Å². The highest BCUT2D eigenvalue weighted by Crippen LogP contribution is 2.21. The van der Waals surface area contributed by atoms with E-state index >= 15 is 0 Å². The molecule has 19 heavy (non-hydrogen) atoms. The maximum absolute atomic E-state index is 4.28. The van der Waals surface area contributed by atoms with E-state index in [2.05, 4.69) is 11.9 Å². The molecule has 1 aliphatic heterocycles. The molecule has 0 aromatic carbocycles. The topological polar surface area (TPSA) is 12.4 Å². The fourth-order valence-corrected chi connectivity index (χ4v) is 3.52. The monoisotopic (exact) mass is 283 g/mol. The Kier molecular flexibility index (Phi) is 11.7. The Morgan fingerprint density at radius 2 is 1.37 bits per heavy atom. The van der Waals surface area contributed by atoms with E-state index < -0.39 is 0 Å². The third-order valence-corrected chi connectivity index (χ3v) is 5.06. The normalized spacial score (nSPS) is 18.3. The maximum atomic E-state index is 4.28. The lowest BCUT2D eigenvalue weighted by Crippen LogP contribution is -2.01. The molecule has 0 fully saturated rings. The van der Waals surface area contributed by atoms with Gasteiger partial charge in [-0.1, -0.05) is 84.0 Å². The van der Waals surface area contributed by atoms with Crippen molar-refractivity contribution in [3.8, 4) is 0 Å². The van der Waals surface area contributed by atoms with Crippen molar-refractivity contribution in [3.63, 3.8) is 0 Å². The summed E-state index contributed by atoms with van der Waals surface area (Å²) in [7, 11) is 0. The lowest BCUT2D eigenvalue weighted by Gasteiger charge is -2.06. The number of unbranched alkanes of at least 4 members (excludes halogenated alkanes) is 11. The Labute approximate surface area is 125 Å². The van der Waals surface area contributed by atoms with Gasteiger partial charge in [0.15, 0.2) is 0 Å². The zero-order valence-electron chi connectivity index (χ0n) is 12.9. The number of nitrogens with zero attached hydrogens (tertiary/aromatic N) is 1. The van der Waals surface area contributed by atoms with Crippen molar-refractivity contribution >= 4 is 17.3 Å². The van der Waals surface area contributed by atoms with Crippen molar-refractivity contribution in [2.75, 3.05) is 6.54 Å². The van der Waals surface area contributed by atoms with Gasteiger partial charge in [0, 0.05) is 5.25 Å². The summed E-state index contributed by atoms with van der Waals surface area (Å²) in [6.45, 7) is 3.36. The summed E-state index contributed by atoms with van der Waals surface area (Å²) in [5.74, 6) is 0. The van der Waals surface area contributed by atoms with Gasteiger partial charge in [0.05, 0.1) is 12.1 Å². The predicted octanol–water partition coefficient (Wildman–Crippen LogP) is 6.22. The largest absolute Gasteiger partial charge is 0.285 e. The Morgan fingerprint density at radius 3 is 1.84 bits per heavy atom. The molecule has 0 saturated carbocycles. The van der Waals surface area contributed by atoms with Crippen LogP contribution in [0.2, 0.25) is 0 Å². The average molecular weight is 284 g/mol. The number of hydrogen-bond donors (Lipinski definition) is 0. The maximum Gasteiger partial charge on any atom is 0.0544 e. The number of thioether (sulfide) groups is 1. The standard InChI is InChI=1S/C17H33NS/c1-2-3-4-5-6-7-8-9-10-11-12-13-14-17-15-18-16-19-17/h16-17H,2-15H2,1H3. The van der Waals surface area contributed by atoms with E-state index in [-0.39, 0.29) is 0 Å². The van der Waals surface area contributed by atoms with Gasteiger partial charge >= 0.3 is 0 Å². The Bertz CT molecular complexity index is 207. The van der Waals surface area contributed by atoms with Crippen molar-refractivity contribution in [1.82, 2.24) is 0 Å². The van der Waals surface area contributed by atoms with Crippen molar-refractivity contribution in [3.05, 3.63) is 0 Å². The molecule has 1 atom stereocenters. The fourth-order valence-electron chi connectivity index (χ4n) is 2.71. The second-order valence-electron chi connectivity index (χ2n) is 5.91. The predicted molar refractivity (Wildman–Crippen MR) is 90.4 cm³/mol. The Hall–Kier alpha value is 0.0200. The number of hydrogen-bond acceptors (Lipinski definition) is 2. The summed E-state index contributed by atoms with van der Waals surface area (Å²) >= 11 is 1.93. The minimum absolute atomic E-state index is 0.808. The van der Waals surface area contributed by atoms with Gasteiger partial charge in [-0.2, -0.15) is 0 Å². The SMILES string of the molecule is CCCCCCCCCCCCCCC1CN=CS1. The summed E-state index contributed by atoms with van der Waals surface area (Å²) in [4.78, 5) is 4.28. The van der Waals surface area contributed by atoms with E-state index in [0.29, 0.717) is 0 Å². The van der Waals surface area contributed by atoms with Crippen LogP contribution in [-0.2, 0) is 0 Å². The van der Waals surface area contributed by atoms with E-state index in [1.807, 2.05) is 17.3 Å². The summed E-state index contributed by atoms with van der Waals surface area (Å²) in [6.07, 6.45) is 18.8. The van der Waals surface area contributed by atoms with Crippen LogP contribution in [0.3, 0.4) is 0 Å². The van der Waals surface area contributed by atoms with Crippen LogP contribution < -0.4 is 0 Å². The lowest BCUT2D eigenvalue weighted by atomic mass is 10.0. The molecule has 1 nitrogen and oxygen atoms in total. The van der Waals surface area contributed by atoms with Gasteiger partial charge in [-0.3, -0.25) is 4.99 Å². The first-order valence-electron chi connectivity index (χ1n) is 8.57. The van der Waals surface area contributed by atoms with Gasteiger partial charge in [0.2, 0.25) is 0 Å². The molecule has 0 spiro atoms. The summed E-state index contributed by atoms with van der Waals surface area (Å²) in [6, 6.07) is 0. The van der Waals surface area contributed by atoms with Crippen LogP contribution in [0, 0.1) is 0 Å². The molecule has 0 saturated heterocycles. The van der Waals surface area contributed by atoms with E-state index in [1.54, 1.807) is 0 Å². The minimum Gasteiger partial charge on any atom is -0.285 e. The van der Waals surface area contributed by atoms with E-state index in [9.17, 15) is 0 Å². The summed E-state index contributed by atoms with van der Waals surface area (Å²) in [5.41, 5.74) is 2.03. The molecule has 0 aliphatic carbocycles. The first-order chi connectivity index (χ1) is 9.43. The smallest absolute Gasteiger partial charge is 0.0544 e. The second-order valence-corrected chi connectivity index (χ2v) is 7.06. The van der Waals surface area contributed by atoms with Crippen LogP contribution in [0.5, 0.6) is 0 Å². The van der Waals surface area contributed by atoms with E-state index in [0.717, 1.165) is 11.8 Å². The molecule has 0 aromatic rings. The first kappa shape index (κ1) is 17.1. The molecule has 0 aromatic heterocycles. The van der Waals surface area contributed by atoms with Crippen molar-refractivity contribution < 1.29 is 0 Å². The minimum atomic E-state index is 0.808. The van der Waals surface area contributed by atoms with Crippen LogP contribution >= 0.6 is 11.8 Å². The summed E-state index contributed by atoms with van der Waals surface area (Å²) in [5, 5.41) is 0.808. The molecule has 1 aliphatic rings. The Balaban J connectivity index is 1.67. The van der Waals surface area contributed by atoms with Crippen molar-refractivity contribution in [1.29, 1.82) is 0 Å². The molecular weight excluding hydrogens is 250 g/mol. The first-order valence-corrected chi connectivity index (χ1v) is 9.51. The second kappa shape index (κ2) is 13.0. The highest BCUT2D eigenvalue weighted by Gasteiger charge is 2.10. The summed E-state index contributed by atoms with van der Waals surface area (Å²) < 4.78 is 0. The van der Waals surface area contributed by atoms with Crippen LogP contribution in [0.1, 0.15) is 90.4 Å². The van der Waals surface area contributed by atoms with Crippen LogP contribution in [-0.4, -0.2) is 17.3 Å². The molecule has 0 bridgehead atoms. The number of rotatable bonds is 13. The quantitative estimate of drug-likeness (QED) is 0.365. The van der Waals surface area contributed by atoms with Crippen LogP contribution in [0.15, 0.2) is 4.99 Å². The van der Waals surface area contributed by atoms with Gasteiger partial charge in [-0.25, -0.2) is 0 Å². The molecular formula is C17H33NS. The third-order valence-electron chi connectivity index (χ3n) is 4.02. The highest BCUT2D eigenvalue weighted by atomic mass is 32.2. The lowest BCUT2D eigenvalue weighted by molar-refractivity contribution is 0.538. The Morgan fingerprint density at radius 1 is 0.842 bits per heavy atom. The van der Waals surface area contributed by atoms with Gasteiger partial charge < -0.3 is 0 Å². The van der Waals surface area contributed by atoms with E-state index in [4.69, 9.17) is 0 Å². The zero-order chi connectivity index (χ0) is 13.6. The van der Waals surface area contributed by atoms with Gasteiger partial charge in [0.25, 0.3) is 0 Å². The third kappa shape index (κ3) is 10.5. The fraction of sp³-hybridized carbons (Fsp3) is 0.941. The van der Waals surface area contributed by atoms with Gasteiger partial charge in [0.1, 0.15) is 0 Å². The molecule has 1 unspecified atom stereocenters. The molecule has 112 valence electrons. The molecule has 0 amide bonds. The van der Waals surface area contributed by atoms with Crippen LogP contribution in [0.4, 0.5) is 0 Å². The number of aliphatic imine (C=N–C) groups is 1. The zero-order valence-corrected chi connectivity index (χ0v) is 13.7. The average Bonchev–Trinajstić information content (AvgIpc) is 2.93. The molecule has 1 heterocycles. The molecule has 2 heteroatoms. The molecule has 1 rings (SSSR count).